The first-order valence-corrected chi connectivity index (χ1v) is 6.01. The zero-order valence-electron chi connectivity index (χ0n) is 8.40. The summed E-state index contributed by atoms with van der Waals surface area (Å²) in [5.74, 6) is 0. The minimum Gasteiger partial charge on any atom is -0.409 e. The van der Waals surface area contributed by atoms with Crippen molar-refractivity contribution in [2.24, 2.45) is 5.16 Å². The number of H-pyrrole nitrogens is 2. The van der Waals surface area contributed by atoms with Crippen LogP contribution in [0.4, 0.5) is 5.69 Å². The van der Waals surface area contributed by atoms with Crippen LogP contribution in [0.5, 0.6) is 0 Å². The minimum atomic E-state index is -0.687. The molecule has 0 bridgehead atoms. The van der Waals surface area contributed by atoms with Crippen LogP contribution in [0.15, 0.2) is 25.0 Å². The molecular weight excluding hydrogens is 376 g/mol. The Bertz CT molecular complexity index is 779. The van der Waals surface area contributed by atoms with Crippen LogP contribution in [-0.4, -0.2) is 20.1 Å². The number of halogens is 2. The summed E-state index contributed by atoms with van der Waals surface area (Å²) in [5, 5.41) is 22.4. The lowest BCUT2D eigenvalue weighted by Gasteiger charge is -2.03. The zero-order chi connectivity index (χ0) is 13.4. The average Bonchev–Trinajstić information content (AvgIpc) is 2.30. The first-order chi connectivity index (χ1) is 8.45. The van der Waals surface area contributed by atoms with Crippen LogP contribution in [0.2, 0.25) is 0 Å². The van der Waals surface area contributed by atoms with E-state index in [2.05, 4.69) is 47.0 Å². The Morgan fingerprint density at radius 2 is 2.06 bits per heavy atom. The largest absolute Gasteiger partial charge is 0.409 e. The topological polar surface area (TPSA) is 124 Å². The number of hydrogen-bond donors (Lipinski definition) is 3. The molecule has 2 aromatic rings. The molecule has 8 nitrogen and oxygen atoms in total. The van der Waals surface area contributed by atoms with E-state index in [1.54, 1.807) is 0 Å². The molecular formula is C8H4Br2N4O4. The second-order valence-electron chi connectivity index (χ2n) is 3.23. The second-order valence-corrected chi connectivity index (χ2v) is 4.88. The van der Waals surface area contributed by atoms with Gasteiger partial charge in [-0.3, -0.25) is 14.9 Å². The second kappa shape index (κ2) is 4.53. The Balaban J connectivity index is 3.09. The van der Waals surface area contributed by atoms with Crippen molar-refractivity contribution in [1.82, 2.24) is 9.97 Å². The Morgan fingerprint density at radius 3 is 2.61 bits per heavy atom. The Labute approximate surface area is 115 Å². The molecule has 0 saturated heterocycles. The third-order valence-electron chi connectivity index (χ3n) is 2.18. The van der Waals surface area contributed by atoms with Crippen molar-refractivity contribution < 1.29 is 10.1 Å². The summed E-state index contributed by atoms with van der Waals surface area (Å²) in [6.45, 7) is 0. The van der Waals surface area contributed by atoms with Gasteiger partial charge in [-0.1, -0.05) is 5.16 Å². The Morgan fingerprint density at radius 1 is 1.39 bits per heavy atom. The maximum atomic E-state index is 11.4. The molecule has 1 aromatic carbocycles. The molecule has 2 rings (SSSR count). The van der Waals surface area contributed by atoms with Gasteiger partial charge in [0.25, 0.3) is 5.56 Å². The lowest BCUT2D eigenvalue weighted by Crippen LogP contribution is -2.30. The highest BCUT2D eigenvalue weighted by Crippen LogP contribution is 2.36. The fourth-order valence-corrected chi connectivity index (χ4v) is 2.31. The van der Waals surface area contributed by atoms with E-state index in [4.69, 9.17) is 5.21 Å². The molecule has 0 aliphatic rings. The predicted molar refractivity (Wildman–Crippen MR) is 68.3 cm³/mol. The van der Waals surface area contributed by atoms with Gasteiger partial charge in [0.15, 0.2) is 0 Å². The summed E-state index contributed by atoms with van der Waals surface area (Å²) in [6.07, 6.45) is 0. The lowest BCUT2D eigenvalue weighted by molar-refractivity contribution is -0.384. The summed E-state index contributed by atoms with van der Waals surface area (Å²) in [6, 6.07) is 1.49. The molecule has 0 amide bonds. The van der Waals surface area contributed by atoms with Gasteiger partial charge < -0.3 is 15.2 Å². The monoisotopic (exact) mass is 378 g/mol. The van der Waals surface area contributed by atoms with E-state index < -0.39 is 16.0 Å². The number of aromatic amines is 2. The van der Waals surface area contributed by atoms with Crippen LogP contribution >= 0.6 is 31.9 Å². The third kappa shape index (κ3) is 1.93. The molecule has 94 valence electrons. The molecule has 0 saturated carbocycles. The molecule has 18 heavy (non-hydrogen) atoms. The Kier molecular flexibility index (Phi) is 3.22. The summed E-state index contributed by atoms with van der Waals surface area (Å²) in [5.41, 5.74) is -1.12. The van der Waals surface area contributed by atoms with Crippen molar-refractivity contribution in [2.45, 2.75) is 0 Å². The van der Waals surface area contributed by atoms with Crippen molar-refractivity contribution in [1.29, 1.82) is 0 Å². The third-order valence-corrected chi connectivity index (χ3v) is 4.14. The van der Waals surface area contributed by atoms with Crippen LogP contribution in [-0.2, 0) is 0 Å². The van der Waals surface area contributed by atoms with E-state index in [0.717, 1.165) is 0 Å². The van der Waals surface area contributed by atoms with E-state index in [0.29, 0.717) is 4.47 Å². The van der Waals surface area contributed by atoms with Crippen molar-refractivity contribution >= 4 is 48.6 Å². The number of benzene rings is 1. The standard InChI is InChI=1S/C8H4Br2N4O4/c9-2-1-3-5(6(4(2)10)14(17)18)12-7(13-16)8(15)11-3/h1,16H,(H,11,15)(H,12,13). The molecule has 0 radical (unpaired) electrons. The van der Waals surface area contributed by atoms with E-state index in [1.807, 2.05) is 0 Å². The molecule has 0 spiro atoms. The molecule has 0 unspecified atom stereocenters. The molecule has 3 N–H and O–H groups in total. The highest BCUT2D eigenvalue weighted by molar-refractivity contribution is 9.13. The van der Waals surface area contributed by atoms with Gasteiger partial charge in [-0.2, -0.15) is 0 Å². The van der Waals surface area contributed by atoms with Crippen molar-refractivity contribution in [3.8, 4) is 0 Å². The van der Waals surface area contributed by atoms with E-state index in [-0.39, 0.29) is 21.2 Å². The minimum absolute atomic E-state index is 0.0440. The summed E-state index contributed by atoms with van der Waals surface area (Å²) >= 11 is 6.21. The summed E-state index contributed by atoms with van der Waals surface area (Å²) < 4.78 is 0.631. The average molecular weight is 380 g/mol. The fraction of sp³-hybridized carbons (Fsp3) is 0. The Hall–Kier alpha value is -1.68. The van der Waals surface area contributed by atoms with Gasteiger partial charge in [0.2, 0.25) is 5.49 Å². The van der Waals surface area contributed by atoms with Crippen molar-refractivity contribution in [3.63, 3.8) is 0 Å². The number of nitrogens with zero attached hydrogens (tertiary/aromatic N) is 2. The normalized spacial score (nSPS) is 12.0. The summed E-state index contributed by atoms with van der Waals surface area (Å²) in [4.78, 5) is 26.6. The zero-order valence-corrected chi connectivity index (χ0v) is 11.6. The van der Waals surface area contributed by atoms with Gasteiger partial charge >= 0.3 is 5.69 Å². The maximum absolute atomic E-state index is 11.4. The van der Waals surface area contributed by atoms with Crippen LogP contribution in [0.25, 0.3) is 11.0 Å². The number of hydrogen-bond acceptors (Lipinski definition) is 5. The number of fused-ring (bicyclic) bond motifs is 1. The van der Waals surface area contributed by atoms with E-state index in [9.17, 15) is 14.9 Å². The van der Waals surface area contributed by atoms with Gasteiger partial charge in [0, 0.05) is 4.47 Å². The van der Waals surface area contributed by atoms with E-state index >= 15 is 0 Å². The van der Waals surface area contributed by atoms with Gasteiger partial charge in [-0.05, 0) is 37.9 Å². The lowest BCUT2D eigenvalue weighted by atomic mass is 10.2. The van der Waals surface area contributed by atoms with Gasteiger partial charge in [-0.15, -0.1) is 0 Å². The maximum Gasteiger partial charge on any atom is 0.310 e. The first kappa shape index (κ1) is 12.8. The smallest absolute Gasteiger partial charge is 0.310 e. The predicted octanol–water partition coefficient (Wildman–Crippen LogP) is 1.58. The molecule has 0 aliphatic heterocycles. The number of aromatic nitrogens is 2. The molecule has 1 heterocycles. The van der Waals surface area contributed by atoms with Crippen molar-refractivity contribution in [3.05, 3.63) is 41.0 Å². The van der Waals surface area contributed by atoms with Crippen LogP contribution < -0.4 is 11.0 Å². The fourth-order valence-electron chi connectivity index (χ4n) is 1.44. The molecule has 0 atom stereocenters. The van der Waals surface area contributed by atoms with Gasteiger partial charge in [-0.25, -0.2) is 0 Å². The number of nitro benzene ring substituents is 1. The van der Waals surface area contributed by atoms with E-state index in [1.165, 1.54) is 6.07 Å². The SMILES string of the molecule is O=c1[nH]c2cc(Br)c(Br)c([N+](=O)[O-])c2[nH]/c1=N\O. The highest BCUT2D eigenvalue weighted by Gasteiger charge is 2.21. The van der Waals surface area contributed by atoms with Gasteiger partial charge in [0.1, 0.15) is 9.99 Å². The number of rotatable bonds is 1. The molecule has 0 aliphatic carbocycles. The summed E-state index contributed by atoms with van der Waals surface area (Å²) in [7, 11) is 0. The molecule has 0 fully saturated rings. The van der Waals surface area contributed by atoms with Gasteiger partial charge in [0.05, 0.1) is 10.4 Å². The highest BCUT2D eigenvalue weighted by atomic mass is 79.9. The first-order valence-electron chi connectivity index (χ1n) is 4.42. The molecule has 1 aromatic heterocycles. The number of nitro groups is 1. The van der Waals surface area contributed by atoms with Crippen LogP contribution in [0, 0.1) is 10.1 Å². The van der Waals surface area contributed by atoms with Crippen LogP contribution in [0.1, 0.15) is 0 Å². The molecule has 10 heteroatoms. The van der Waals surface area contributed by atoms with Crippen LogP contribution in [0.3, 0.4) is 0 Å². The number of nitrogens with one attached hydrogen (secondary N) is 2. The van der Waals surface area contributed by atoms with Crippen molar-refractivity contribution in [2.75, 3.05) is 0 Å². The quantitative estimate of drug-likeness (QED) is 0.395.